The second kappa shape index (κ2) is 2.44. The minimum absolute atomic E-state index is 0.0776. The summed E-state index contributed by atoms with van der Waals surface area (Å²) >= 11 is 0. The number of fused-ring (bicyclic) bond motifs is 1. The van der Waals surface area contributed by atoms with Crippen molar-refractivity contribution in [2.45, 2.75) is 0 Å². The first kappa shape index (κ1) is 7.03. The van der Waals surface area contributed by atoms with Gasteiger partial charge in [0.15, 0.2) is 0 Å². The first-order chi connectivity index (χ1) is 5.79. The van der Waals surface area contributed by atoms with Gasteiger partial charge >= 0.3 is 0 Å². The van der Waals surface area contributed by atoms with Gasteiger partial charge in [0.25, 0.3) is 0 Å². The predicted molar refractivity (Wildman–Crippen MR) is 43.4 cm³/mol. The van der Waals surface area contributed by atoms with Gasteiger partial charge in [0.05, 0.1) is 0 Å². The van der Waals surface area contributed by atoms with Crippen molar-refractivity contribution in [3.8, 4) is 5.75 Å². The van der Waals surface area contributed by atoms with E-state index < -0.39 is 0 Å². The van der Waals surface area contributed by atoms with Crippen LogP contribution in [0.1, 0.15) is 0 Å². The first-order valence-corrected chi connectivity index (χ1v) is 3.50. The number of benzene rings is 1. The minimum atomic E-state index is -0.365. The first-order valence-electron chi connectivity index (χ1n) is 3.50. The normalized spacial score (nSPS) is 10.4. The molecule has 60 valence electrons. The largest absolute Gasteiger partial charge is 0.507 e. The van der Waals surface area contributed by atoms with E-state index in [4.69, 9.17) is 0 Å². The molecular weight excluding hydrogens is 157 g/mol. The second-order valence-electron chi connectivity index (χ2n) is 2.49. The molecule has 0 aliphatic rings. The average molecular weight is 163 g/mol. The van der Waals surface area contributed by atoms with Crippen LogP contribution in [0.25, 0.3) is 10.8 Å². The molecule has 0 amide bonds. The third-order valence-electron chi connectivity index (χ3n) is 1.74. The van der Waals surface area contributed by atoms with E-state index in [0.717, 1.165) is 0 Å². The van der Waals surface area contributed by atoms with Gasteiger partial charge in [0.1, 0.15) is 11.6 Å². The molecule has 2 nitrogen and oxygen atoms in total. The molecule has 0 saturated heterocycles. The van der Waals surface area contributed by atoms with Crippen LogP contribution in [-0.4, -0.2) is 10.1 Å². The summed E-state index contributed by atoms with van der Waals surface area (Å²) < 4.78 is 13.0. The highest BCUT2D eigenvalue weighted by atomic mass is 19.1. The van der Waals surface area contributed by atoms with Crippen molar-refractivity contribution in [3.05, 3.63) is 36.4 Å². The van der Waals surface area contributed by atoms with Gasteiger partial charge in [-0.3, -0.25) is 4.98 Å². The molecule has 3 heteroatoms. The standard InChI is InChI=1S/C9H6FNO/c10-8-1-2-9(12)6-3-4-11-5-7(6)8/h1-5,12H. The third kappa shape index (κ3) is 0.906. The smallest absolute Gasteiger partial charge is 0.132 e. The molecule has 1 N–H and O–H groups in total. The van der Waals surface area contributed by atoms with Crippen LogP contribution in [-0.2, 0) is 0 Å². The fourth-order valence-corrected chi connectivity index (χ4v) is 1.14. The van der Waals surface area contributed by atoms with Crippen molar-refractivity contribution >= 4 is 10.8 Å². The Kier molecular flexibility index (Phi) is 1.43. The average Bonchev–Trinajstić information content (AvgIpc) is 2.12. The van der Waals surface area contributed by atoms with Gasteiger partial charge in [-0.05, 0) is 18.2 Å². The number of aromatic hydroxyl groups is 1. The Bertz CT molecular complexity index is 387. The summed E-state index contributed by atoms with van der Waals surface area (Å²) in [6.45, 7) is 0. The van der Waals surface area contributed by atoms with Gasteiger partial charge < -0.3 is 5.11 Å². The van der Waals surface area contributed by atoms with Crippen LogP contribution in [0.4, 0.5) is 4.39 Å². The molecule has 0 atom stereocenters. The summed E-state index contributed by atoms with van der Waals surface area (Å²) in [5.41, 5.74) is 0. The fraction of sp³-hybridized carbons (Fsp3) is 0. The highest BCUT2D eigenvalue weighted by molar-refractivity contribution is 5.87. The Hall–Kier alpha value is -1.64. The molecule has 0 spiro atoms. The third-order valence-corrected chi connectivity index (χ3v) is 1.74. The molecule has 0 radical (unpaired) electrons. The van der Waals surface area contributed by atoms with Crippen LogP contribution in [0.15, 0.2) is 30.6 Å². The van der Waals surface area contributed by atoms with E-state index >= 15 is 0 Å². The van der Waals surface area contributed by atoms with E-state index in [2.05, 4.69) is 4.98 Å². The quantitative estimate of drug-likeness (QED) is 0.645. The molecule has 1 aromatic carbocycles. The van der Waals surface area contributed by atoms with Crippen LogP contribution in [0.2, 0.25) is 0 Å². The lowest BCUT2D eigenvalue weighted by Gasteiger charge is -1.99. The Balaban J connectivity index is 2.95. The summed E-state index contributed by atoms with van der Waals surface area (Å²) in [6.07, 6.45) is 2.91. The van der Waals surface area contributed by atoms with Gasteiger partial charge in [-0.1, -0.05) is 0 Å². The van der Waals surface area contributed by atoms with E-state index in [1.165, 1.54) is 24.5 Å². The van der Waals surface area contributed by atoms with Crippen molar-refractivity contribution in [1.82, 2.24) is 4.98 Å². The SMILES string of the molecule is Oc1ccc(F)c2cnccc12. The maximum Gasteiger partial charge on any atom is 0.132 e. The lowest BCUT2D eigenvalue weighted by molar-refractivity contribution is 0.480. The number of hydrogen-bond donors (Lipinski definition) is 1. The predicted octanol–water partition coefficient (Wildman–Crippen LogP) is 2.08. The number of pyridine rings is 1. The van der Waals surface area contributed by atoms with Gasteiger partial charge in [0, 0.05) is 23.2 Å². The summed E-state index contributed by atoms with van der Waals surface area (Å²) in [7, 11) is 0. The highest BCUT2D eigenvalue weighted by Gasteiger charge is 2.02. The summed E-state index contributed by atoms with van der Waals surface area (Å²) in [5.74, 6) is -0.287. The van der Waals surface area contributed by atoms with Crippen LogP contribution in [0.3, 0.4) is 0 Å². The molecule has 0 aliphatic heterocycles. The Labute approximate surface area is 68.3 Å². The molecule has 0 fully saturated rings. The Morgan fingerprint density at radius 1 is 1.17 bits per heavy atom. The molecule has 2 rings (SSSR count). The van der Waals surface area contributed by atoms with Crippen molar-refractivity contribution < 1.29 is 9.50 Å². The number of rotatable bonds is 0. The van der Waals surface area contributed by atoms with E-state index in [-0.39, 0.29) is 11.6 Å². The molecular formula is C9H6FNO. The van der Waals surface area contributed by atoms with Crippen molar-refractivity contribution in [2.75, 3.05) is 0 Å². The van der Waals surface area contributed by atoms with Gasteiger partial charge in [-0.2, -0.15) is 0 Å². The highest BCUT2D eigenvalue weighted by Crippen LogP contribution is 2.25. The van der Waals surface area contributed by atoms with Gasteiger partial charge in [-0.15, -0.1) is 0 Å². The number of phenols is 1. The molecule has 0 unspecified atom stereocenters. The molecule has 1 aromatic heterocycles. The summed E-state index contributed by atoms with van der Waals surface area (Å²) in [5, 5.41) is 10.1. The number of halogens is 1. The molecule has 2 aromatic rings. The number of phenolic OH excluding ortho intramolecular Hbond substituents is 1. The van der Waals surface area contributed by atoms with Crippen LogP contribution in [0.5, 0.6) is 5.75 Å². The fourth-order valence-electron chi connectivity index (χ4n) is 1.14. The zero-order valence-electron chi connectivity index (χ0n) is 6.16. The maximum atomic E-state index is 13.0. The zero-order chi connectivity index (χ0) is 8.55. The Morgan fingerprint density at radius 2 is 2.00 bits per heavy atom. The van der Waals surface area contributed by atoms with Crippen molar-refractivity contribution in [2.24, 2.45) is 0 Å². The van der Waals surface area contributed by atoms with Crippen LogP contribution < -0.4 is 0 Å². The van der Waals surface area contributed by atoms with Crippen LogP contribution >= 0.6 is 0 Å². The minimum Gasteiger partial charge on any atom is -0.507 e. The second-order valence-corrected chi connectivity index (χ2v) is 2.49. The van der Waals surface area contributed by atoms with E-state index in [1.54, 1.807) is 6.07 Å². The molecule has 0 aliphatic carbocycles. The summed E-state index contributed by atoms with van der Waals surface area (Å²) in [4.78, 5) is 3.76. The summed E-state index contributed by atoms with van der Waals surface area (Å²) in [6, 6.07) is 4.13. The molecule has 0 bridgehead atoms. The van der Waals surface area contributed by atoms with Gasteiger partial charge in [0.2, 0.25) is 0 Å². The molecule has 12 heavy (non-hydrogen) atoms. The number of nitrogens with zero attached hydrogens (tertiary/aromatic N) is 1. The number of aromatic nitrogens is 1. The van der Waals surface area contributed by atoms with Crippen LogP contribution in [0, 0.1) is 5.82 Å². The Morgan fingerprint density at radius 3 is 2.75 bits per heavy atom. The maximum absolute atomic E-state index is 13.0. The lowest BCUT2D eigenvalue weighted by Crippen LogP contribution is -1.80. The van der Waals surface area contributed by atoms with Crippen molar-refractivity contribution in [1.29, 1.82) is 0 Å². The molecule has 0 saturated carbocycles. The zero-order valence-corrected chi connectivity index (χ0v) is 6.16. The monoisotopic (exact) mass is 163 g/mol. The van der Waals surface area contributed by atoms with E-state index in [9.17, 15) is 9.50 Å². The van der Waals surface area contributed by atoms with Crippen molar-refractivity contribution in [3.63, 3.8) is 0 Å². The topological polar surface area (TPSA) is 33.1 Å². The molecule has 1 heterocycles. The lowest BCUT2D eigenvalue weighted by atomic mass is 10.1. The van der Waals surface area contributed by atoms with E-state index in [0.29, 0.717) is 10.8 Å². The van der Waals surface area contributed by atoms with Gasteiger partial charge in [-0.25, -0.2) is 4.39 Å². The number of hydrogen-bond acceptors (Lipinski definition) is 2. The van der Waals surface area contributed by atoms with E-state index in [1.807, 2.05) is 0 Å².